The molecular weight excluding hydrogens is 310 g/mol. The van der Waals surface area contributed by atoms with Crippen LogP contribution in [0.3, 0.4) is 0 Å². The third kappa shape index (κ3) is 4.10. The van der Waals surface area contributed by atoms with Gasteiger partial charge < -0.3 is 14.3 Å². The lowest BCUT2D eigenvalue weighted by Crippen LogP contribution is -2.48. The number of aryl methyl sites for hydroxylation is 2. The summed E-state index contributed by atoms with van der Waals surface area (Å²) in [5.74, 6) is 3.22. The van der Waals surface area contributed by atoms with Crippen LogP contribution in [0.5, 0.6) is 0 Å². The molecule has 3 heterocycles. The second-order valence-corrected chi connectivity index (χ2v) is 7.81. The molecule has 1 atom stereocenters. The quantitative estimate of drug-likeness (QED) is 0.843. The van der Waals surface area contributed by atoms with Gasteiger partial charge in [-0.3, -0.25) is 4.79 Å². The van der Waals surface area contributed by atoms with Crippen molar-refractivity contribution >= 4 is 17.7 Å². The van der Waals surface area contributed by atoms with Gasteiger partial charge in [-0.25, -0.2) is 0 Å². The highest BCUT2D eigenvalue weighted by atomic mass is 32.2. The molecule has 0 saturated carbocycles. The molecule has 1 aromatic rings. The van der Waals surface area contributed by atoms with Crippen molar-refractivity contribution in [3.63, 3.8) is 0 Å². The largest absolute Gasteiger partial charge is 0.361 e. The van der Waals surface area contributed by atoms with Gasteiger partial charge >= 0.3 is 0 Å². The second-order valence-electron chi connectivity index (χ2n) is 6.66. The fourth-order valence-electron chi connectivity index (χ4n) is 3.58. The van der Waals surface area contributed by atoms with E-state index in [1.54, 1.807) is 0 Å². The summed E-state index contributed by atoms with van der Waals surface area (Å²) >= 11 is 1.99. The smallest absolute Gasteiger partial charge is 0.227 e. The van der Waals surface area contributed by atoms with Crippen LogP contribution in [0.1, 0.15) is 36.3 Å². The van der Waals surface area contributed by atoms with E-state index in [2.05, 4.69) is 15.0 Å². The van der Waals surface area contributed by atoms with E-state index >= 15 is 0 Å². The van der Waals surface area contributed by atoms with Gasteiger partial charge in [0.05, 0.1) is 18.2 Å². The highest BCUT2D eigenvalue weighted by molar-refractivity contribution is 7.99. The van der Waals surface area contributed by atoms with E-state index in [9.17, 15) is 4.79 Å². The van der Waals surface area contributed by atoms with Gasteiger partial charge in [-0.1, -0.05) is 5.16 Å². The first-order chi connectivity index (χ1) is 11.1. The Hall–Kier alpha value is -1.01. The minimum atomic E-state index is 0.228. The Morgan fingerprint density at radius 2 is 2.04 bits per heavy atom. The van der Waals surface area contributed by atoms with Crippen LogP contribution in [0.4, 0.5) is 0 Å². The van der Waals surface area contributed by atoms with E-state index in [-0.39, 0.29) is 5.91 Å². The van der Waals surface area contributed by atoms with Crippen molar-refractivity contribution in [1.29, 1.82) is 0 Å². The maximum Gasteiger partial charge on any atom is 0.227 e. The monoisotopic (exact) mass is 337 g/mol. The van der Waals surface area contributed by atoms with Crippen LogP contribution in [0.2, 0.25) is 0 Å². The molecule has 0 spiro atoms. The predicted molar refractivity (Wildman–Crippen MR) is 92.8 cm³/mol. The normalized spacial score (nSPS) is 23.2. The number of hydrogen-bond acceptors (Lipinski definition) is 5. The number of thioether (sulfide) groups is 1. The lowest BCUT2D eigenvalue weighted by molar-refractivity contribution is -0.132. The molecule has 1 aromatic heterocycles. The molecule has 128 valence electrons. The zero-order valence-electron chi connectivity index (χ0n) is 14.2. The maximum atomic E-state index is 12.9. The summed E-state index contributed by atoms with van der Waals surface area (Å²) in [6.07, 6.45) is 4.11. The average molecular weight is 337 g/mol. The Labute approximate surface area is 142 Å². The number of nitrogens with zero attached hydrogens (tertiary/aromatic N) is 3. The number of carbonyl (C=O) groups excluding carboxylic acids is 1. The Bertz CT molecular complexity index is 520. The molecule has 6 heteroatoms. The zero-order chi connectivity index (χ0) is 16.2. The molecule has 1 amide bonds. The van der Waals surface area contributed by atoms with Gasteiger partial charge in [-0.05, 0) is 52.0 Å². The number of likely N-dealkylation sites (tertiary alicyclic amines) is 1. The molecule has 0 radical (unpaired) electrons. The average Bonchev–Trinajstić information content (AvgIpc) is 3.07. The summed E-state index contributed by atoms with van der Waals surface area (Å²) in [5, 5.41) is 3.98. The second kappa shape index (κ2) is 7.71. The van der Waals surface area contributed by atoms with Crippen LogP contribution in [0.25, 0.3) is 0 Å². The molecule has 0 aliphatic carbocycles. The fourth-order valence-corrected chi connectivity index (χ4v) is 4.64. The van der Waals surface area contributed by atoms with Crippen LogP contribution >= 0.6 is 11.8 Å². The molecule has 2 fully saturated rings. The van der Waals surface area contributed by atoms with Crippen LogP contribution in [0, 0.1) is 13.8 Å². The lowest BCUT2D eigenvalue weighted by atomic mass is 10.1. The molecule has 0 unspecified atom stereocenters. The van der Waals surface area contributed by atoms with Gasteiger partial charge in [0.15, 0.2) is 0 Å². The van der Waals surface area contributed by atoms with Gasteiger partial charge in [0.2, 0.25) is 5.91 Å². The lowest BCUT2D eigenvalue weighted by Gasteiger charge is -2.32. The summed E-state index contributed by atoms with van der Waals surface area (Å²) in [6.45, 7) is 8.09. The van der Waals surface area contributed by atoms with E-state index < -0.39 is 0 Å². The predicted octanol–water partition coefficient (Wildman–Crippen LogP) is 2.26. The highest BCUT2D eigenvalue weighted by Gasteiger charge is 2.29. The Balaban J connectivity index is 1.69. The van der Waals surface area contributed by atoms with E-state index in [1.807, 2.05) is 25.6 Å². The minimum Gasteiger partial charge on any atom is -0.361 e. The van der Waals surface area contributed by atoms with Gasteiger partial charge in [0.1, 0.15) is 5.76 Å². The maximum absolute atomic E-state index is 12.9. The van der Waals surface area contributed by atoms with Gasteiger partial charge in [-0.15, -0.1) is 0 Å². The van der Waals surface area contributed by atoms with Gasteiger partial charge in [0.25, 0.3) is 0 Å². The van der Waals surface area contributed by atoms with Crippen LogP contribution < -0.4 is 0 Å². The summed E-state index contributed by atoms with van der Waals surface area (Å²) < 4.78 is 5.21. The van der Waals surface area contributed by atoms with E-state index in [4.69, 9.17) is 4.52 Å². The number of carbonyl (C=O) groups is 1. The number of aromatic nitrogens is 1. The molecule has 0 aromatic carbocycles. The molecule has 2 aliphatic heterocycles. The summed E-state index contributed by atoms with van der Waals surface area (Å²) in [6, 6.07) is 0.341. The van der Waals surface area contributed by atoms with Crippen LogP contribution in [-0.4, -0.2) is 64.6 Å². The van der Waals surface area contributed by atoms with E-state index in [1.165, 1.54) is 25.9 Å². The first kappa shape index (κ1) is 16.8. The fraction of sp³-hybridized carbons (Fsp3) is 0.765. The number of amides is 1. The van der Waals surface area contributed by atoms with Crippen molar-refractivity contribution in [2.75, 3.05) is 37.7 Å². The third-order valence-electron chi connectivity index (χ3n) is 4.94. The first-order valence-electron chi connectivity index (χ1n) is 8.66. The molecule has 2 saturated heterocycles. The Morgan fingerprint density at radius 3 is 2.74 bits per heavy atom. The number of rotatable bonds is 4. The van der Waals surface area contributed by atoms with Crippen molar-refractivity contribution in [3.8, 4) is 0 Å². The standard InChI is InChI=1S/C17H27N3O2S/c1-13-16(14(2)22-18-13)10-17(21)20-8-5-9-23-12-15(20)11-19-6-3-4-7-19/h15H,3-12H2,1-2H3/t15-/m1/s1. The molecular formula is C17H27N3O2S. The van der Waals surface area contributed by atoms with E-state index in [0.29, 0.717) is 12.5 Å². The van der Waals surface area contributed by atoms with Crippen molar-refractivity contribution in [1.82, 2.24) is 15.0 Å². The van der Waals surface area contributed by atoms with E-state index in [0.717, 1.165) is 48.0 Å². The highest BCUT2D eigenvalue weighted by Crippen LogP contribution is 2.21. The first-order valence-corrected chi connectivity index (χ1v) is 9.82. The zero-order valence-corrected chi connectivity index (χ0v) is 15.0. The topological polar surface area (TPSA) is 49.6 Å². The van der Waals surface area contributed by atoms with Gasteiger partial charge in [0, 0.05) is 24.4 Å². The van der Waals surface area contributed by atoms with Crippen molar-refractivity contribution in [3.05, 3.63) is 17.0 Å². The molecule has 2 aliphatic rings. The van der Waals surface area contributed by atoms with Crippen molar-refractivity contribution in [2.45, 2.75) is 45.6 Å². The molecule has 0 bridgehead atoms. The third-order valence-corrected chi connectivity index (χ3v) is 6.13. The number of hydrogen-bond donors (Lipinski definition) is 0. The van der Waals surface area contributed by atoms with Crippen molar-refractivity contribution < 1.29 is 9.32 Å². The molecule has 3 rings (SSSR count). The Morgan fingerprint density at radius 1 is 1.26 bits per heavy atom. The molecule has 0 N–H and O–H groups in total. The molecule has 23 heavy (non-hydrogen) atoms. The SMILES string of the molecule is Cc1noc(C)c1CC(=O)N1CCCSC[C@H]1CN1CCCC1. The summed E-state index contributed by atoms with van der Waals surface area (Å²) in [4.78, 5) is 17.6. The van der Waals surface area contributed by atoms with Crippen molar-refractivity contribution in [2.24, 2.45) is 0 Å². The van der Waals surface area contributed by atoms with Gasteiger partial charge in [-0.2, -0.15) is 11.8 Å². The van der Waals surface area contributed by atoms with Crippen LogP contribution in [0.15, 0.2) is 4.52 Å². The molecule has 5 nitrogen and oxygen atoms in total. The summed E-state index contributed by atoms with van der Waals surface area (Å²) in [7, 11) is 0. The summed E-state index contributed by atoms with van der Waals surface area (Å²) in [5.41, 5.74) is 1.81. The Kier molecular flexibility index (Phi) is 5.64. The van der Waals surface area contributed by atoms with Crippen LogP contribution in [-0.2, 0) is 11.2 Å². The minimum absolute atomic E-state index is 0.228.